The third-order valence-corrected chi connectivity index (χ3v) is 4.06. The van der Waals surface area contributed by atoms with Crippen LogP contribution in [0.15, 0.2) is 36.7 Å². The van der Waals surface area contributed by atoms with Gasteiger partial charge >= 0.3 is 6.03 Å². The monoisotopic (exact) mass is 338 g/mol. The van der Waals surface area contributed by atoms with E-state index in [0.717, 1.165) is 28.1 Å². The first kappa shape index (κ1) is 16.9. The zero-order valence-corrected chi connectivity index (χ0v) is 14.8. The zero-order valence-electron chi connectivity index (χ0n) is 14.8. The number of nitrogens with one attached hydrogen (secondary N) is 2. The van der Waals surface area contributed by atoms with Gasteiger partial charge < -0.3 is 10.6 Å². The Balaban J connectivity index is 1.75. The van der Waals surface area contributed by atoms with Crippen molar-refractivity contribution in [3.63, 3.8) is 0 Å². The van der Waals surface area contributed by atoms with Gasteiger partial charge in [-0.05, 0) is 37.1 Å². The van der Waals surface area contributed by atoms with E-state index in [9.17, 15) is 4.79 Å². The number of anilines is 1. The lowest BCUT2D eigenvalue weighted by Gasteiger charge is -2.21. The van der Waals surface area contributed by atoms with Gasteiger partial charge in [0.15, 0.2) is 0 Å². The highest BCUT2D eigenvalue weighted by atomic mass is 16.2. The van der Waals surface area contributed by atoms with Gasteiger partial charge in [-0.25, -0.2) is 9.78 Å². The van der Waals surface area contributed by atoms with E-state index in [1.54, 1.807) is 4.68 Å². The van der Waals surface area contributed by atoms with E-state index in [-0.39, 0.29) is 18.0 Å². The molecular weight excluding hydrogens is 316 g/mol. The minimum Gasteiger partial charge on any atom is -0.328 e. The fourth-order valence-electron chi connectivity index (χ4n) is 2.73. The van der Waals surface area contributed by atoms with E-state index in [0.29, 0.717) is 0 Å². The molecule has 7 nitrogen and oxygen atoms in total. The Labute approximate surface area is 146 Å². The van der Waals surface area contributed by atoms with Crippen LogP contribution in [-0.4, -0.2) is 25.8 Å². The summed E-state index contributed by atoms with van der Waals surface area (Å²) >= 11 is 0. The molecule has 3 rings (SSSR count). The summed E-state index contributed by atoms with van der Waals surface area (Å²) in [5.41, 5.74) is 2.59. The van der Waals surface area contributed by atoms with Gasteiger partial charge in [-0.2, -0.15) is 5.10 Å². The molecule has 1 aromatic carbocycles. The lowest BCUT2D eigenvalue weighted by Crippen LogP contribution is -2.36. The number of pyridine rings is 1. The molecule has 2 N–H and O–H groups in total. The van der Waals surface area contributed by atoms with Gasteiger partial charge in [0.05, 0.1) is 11.6 Å². The largest absolute Gasteiger partial charge is 0.328 e. The molecule has 0 saturated heterocycles. The third kappa shape index (κ3) is 3.76. The number of carbonyl (C=O) groups excluding carboxylic acids is 1. The maximum absolute atomic E-state index is 12.4. The molecule has 2 heterocycles. The fourth-order valence-corrected chi connectivity index (χ4v) is 2.73. The van der Waals surface area contributed by atoms with Gasteiger partial charge in [0.1, 0.15) is 12.2 Å². The second-order valence-corrected chi connectivity index (χ2v) is 6.42. The first-order valence-corrected chi connectivity index (χ1v) is 8.23. The molecule has 0 aliphatic heterocycles. The Morgan fingerprint density at radius 3 is 2.68 bits per heavy atom. The van der Waals surface area contributed by atoms with E-state index in [1.807, 2.05) is 58.2 Å². The number of urea groups is 1. The van der Waals surface area contributed by atoms with E-state index in [2.05, 4.69) is 25.7 Å². The summed E-state index contributed by atoms with van der Waals surface area (Å²) in [6.07, 6.45) is 1.49. The van der Waals surface area contributed by atoms with Gasteiger partial charge in [-0.15, -0.1) is 0 Å². The van der Waals surface area contributed by atoms with Gasteiger partial charge in [-0.3, -0.25) is 9.67 Å². The Bertz CT molecular complexity index is 901. The molecule has 0 bridgehead atoms. The minimum absolute atomic E-state index is 0.178. The number of hydrogen-bond donors (Lipinski definition) is 2. The summed E-state index contributed by atoms with van der Waals surface area (Å²) in [4.78, 5) is 21.1. The van der Waals surface area contributed by atoms with Crippen molar-refractivity contribution in [2.45, 2.75) is 26.8 Å². The fraction of sp³-hybridized carbons (Fsp3) is 0.333. The Hall–Kier alpha value is -2.96. The van der Waals surface area contributed by atoms with Crippen molar-refractivity contribution in [3.05, 3.63) is 48.2 Å². The standard InChI is InChI=1S/C18H22N6O/c1-11(2)16(17-19-10-20-24(17)4)23-18(25)22-14-7-8-15-13(9-14)6-5-12(3)21-15/h5-11,16H,1-4H3,(H2,22,23,25)/t16-/m0/s1. The first-order chi connectivity index (χ1) is 11.9. The average molecular weight is 338 g/mol. The highest BCUT2D eigenvalue weighted by molar-refractivity contribution is 5.92. The molecule has 25 heavy (non-hydrogen) atoms. The van der Waals surface area contributed by atoms with Crippen LogP contribution in [0.2, 0.25) is 0 Å². The molecule has 0 saturated carbocycles. The van der Waals surface area contributed by atoms with Crippen LogP contribution >= 0.6 is 0 Å². The number of rotatable bonds is 4. The molecule has 7 heteroatoms. The quantitative estimate of drug-likeness (QED) is 0.765. The van der Waals surface area contributed by atoms with E-state index in [4.69, 9.17) is 0 Å². The molecule has 0 aliphatic carbocycles. The van der Waals surface area contributed by atoms with Crippen molar-refractivity contribution in [1.82, 2.24) is 25.1 Å². The number of amides is 2. The maximum Gasteiger partial charge on any atom is 0.319 e. The van der Waals surface area contributed by atoms with Crippen molar-refractivity contribution in [1.29, 1.82) is 0 Å². The van der Waals surface area contributed by atoms with Crippen LogP contribution < -0.4 is 10.6 Å². The highest BCUT2D eigenvalue weighted by Gasteiger charge is 2.22. The van der Waals surface area contributed by atoms with Gasteiger partial charge in [-0.1, -0.05) is 19.9 Å². The molecule has 0 spiro atoms. The highest BCUT2D eigenvalue weighted by Crippen LogP contribution is 2.21. The maximum atomic E-state index is 12.4. The SMILES string of the molecule is Cc1ccc2cc(NC(=O)N[C@H](c3ncnn3C)C(C)C)ccc2n1. The summed E-state index contributed by atoms with van der Waals surface area (Å²) in [5, 5.41) is 10.9. The molecule has 1 atom stereocenters. The van der Waals surface area contributed by atoms with Gasteiger partial charge in [0.25, 0.3) is 0 Å². The Morgan fingerprint density at radius 2 is 2.00 bits per heavy atom. The number of nitrogens with zero attached hydrogens (tertiary/aromatic N) is 4. The first-order valence-electron chi connectivity index (χ1n) is 8.23. The van der Waals surface area contributed by atoms with E-state index < -0.39 is 0 Å². The molecule has 0 radical (unpaired) electrons. The smallest absolute Gasteiger partial charge is 0.319 e. The van der Waals surface area contributed by atoms with Crippen molar-refractivity contribution >= 4 is 22.6 Å². The van der Waals surface area contributed by atoms with Crippen LogP contribution in [0.4, 0.5) is 10.5 Å². The molecular formula is C18H22N6O. The number of fused-ring (bicyclic) bond motifs is 1. The molecule has 2 aromatic heterocycles. The number of aromatic nitrogens is 4. The average Bonchev–Trinajstić information content (AvgIpc) is 2.98. The van der Waals surface area contributed by atoms with Crippen LogP contribution in [0.5, 0.6) is 0 Å². The Kier molecular flexibility index (Phi) is 4.65. The summed E-state index contributed by atoms with van der Waals surface area (Å²) in [7, 11) is 1.82. The van der Waals surface area contributed by atoms with Gasteiger partial charge in [0, 0.05) is 23.8 Å². The van der Waals surface area contributed by atoms with Crippen molar-refractivity contribution < 1.29 is 4.79 Å². The molecule has 2 amide bonds. The number of aryl methyl sites for hydroxylation is 2. The molecule has 130 valence electrons. The topological polar surface area (TPSA) is 84.7 Å². The van der Waals surface area contributed by atoms with Crippen molar-refractivity contribution in [2.75, 3.05) is 5.32 Å². The predicted molar refractivity (Wildman–Crippen MR) is 97.2 cm³/mol. The molecule has 0 unspecified atom stereocenters. The van der Waals surface area contributed by atoms with Crippen LogP contribution in [0.3, 0.4) is 0 Å². The number of carbonyl (C=O) groups is 1. The second-order valence-electron chi connectivity index (χ2n) is 6.42. The lowest BCUT2D eigenvalue weighted by molar-refractivity contribution is 0.243. The van der Waals surface area contributed by atoms with Gasteiger partial charge in [0.2, 0.25) is 0 Å². The summed E-state index contributed by atoms with van der Waals surface area (Å²) in [6, 6.07) is 9.11. The van der Waals surface area contributed by atoms with Crippen molar-refractivity contribution in [2.24, 2.45) is 13.0 Å². The van der Waals surface area contributed by atoms with Crippen molar-refractivity contribution in [3.8, 4) is 0 Å². The second kappa shape index (κ2) is 6.88. The minimum atomic E-state index is -0.277. The number of benzene rings is 1. The molecule has 0 aliphatic rings. The van der Waals surface area contributed by atoms with E-state index >= 15 is 0 Å². The van der Waals surface area contributed by atoms with Crippen LogP contribution in [-0.2, 0) is 7.05 Å². The predicted octanol–water partition coefficient (Wildman–Crippen LogP) is 3.19. The van der Waals surface area contributed by atoms with Crippen LogP contribution in [0.1, 0.15) is 31.4 Å². The molecule has 3 aromatic rings. The number of hydrogen-bond acceptors (Lipinski definition) is 4. The lowest BCUT2D eigenvalue weighted by atomic mass is 10.0. The summed E-state index contributed by atoms with van der Waals surface area (Å²) in [5.74, 6) is 0.903. The third-order valence-electron chi connectivity index (χ3n) is 4.06. The normalized spacial score (nSPS) is 12.4. The Morgan fingerprint density at radius 1 is 1.20 bits per heavy atom. The van der Waals surface area contributed by atoms with Crippen LogP contribution in [0, 0.1) is 12.8 Å². The summed E-state index contributed by atoms with van der Waals surface area (Å²) in [6.45, 7) is 6.02. The van der Waals surface area contributed by atoms with E-state index in [1.165, 1.54) is 6.33 Å². The molecule has 0 fully saturated rings. The zero-order chi connectivity index (χ0) is 18.0. The van der Waals surface area contributed by atoms with Crippen LogP contribution in [0.25, 0.3) is 10.9 Å². The summed E-state index contributed by atoms with van der Waals surface area (Å²) < 4.78 is 1.68.